The summed E-state index contributed by atoms with van der Waals surface area (Å²) >= 11 is 0. The van der Waals surface area contributed by atoms with Crippen molar-refractivity contribution in [3.8, 4) is 0 Å². The largest absolute Gasteiger partial charge is 0.463 e. The first-order chi connectivity index (χ1) is 9.63. The monoisotopic (exact) mass is 285 g/mol. The van der Waals surface area contributed by atoms with Gasteiger partial charge in [0.25, 0.3) is 0 Å². The number of esters is 2. The van der Waals surface area contributed by atoms with Crippen LogP contribution in [0.3, 0.4) is 0 Å². The Labute approximate surface area is 117 Å². The summed E-state index contributed by atoms with van der Waals surface area (Å²) in [7, 11) is 0. The maximum absolute atomic E-state index is 12.4. The minimum atomic E-state index is -1.11. The molecular weight excluding hydrogens is 266 g/mol. The van der Waals surface area contributed by atoms with Gasteiger partial charge in [0.2, 0.25) is 12.0 Å². The zero-order valence-electron chi connectivity index (χ0n) is 11.5. The molecule has 0 bridgehead atoms. The molecule has 0 spiro atoms. The Morgan fingerprint density at radius 1 is 1.35 bits per heavy atom. The Morgan fingerprint density at radius 2 is 2.05 bits per heavy atom. The van der Waals surface area contributed by atoms with Gasteiger partial charge in [0.1, 0.15) is 0 Å². The molecule has 0 aromatic heterocycles. The van der Waals surface area contributed by atoms with E-state index in [2.05, 4.69) is 0 Å². The van der Waals surface area contributed by atoms with E-state index in [9.17, 15) is 14.4 Å². The number of carbonyl (C=O) groups is 3. The van der Waals surface area contributed by atoms with Crippen LogP contribution in [0.5, 0.6) is 0 Å². The predicted octanol–water partition coefficient (Wildman–Crippen LogP) is -0.270. The average Bonchev–Trinajstić information content (AvgIpc) is 2.87. The molecule has 2 heterocycles. The van der Waals surface area contributed by atoms with Crippen LogP contribution in [0.2, 0.25) is 0 Å². The van der Waals surface area contributed by atoms with E-state index >= 15 is 0 Å². The van der Waals surface area contributed by atoms with Gasteiger partial charge >= 0.3 is 11.9 Å². The minimum absolute atomic E-state index is 0.0674. The highest BCUT2D eigenvalue weighted by atomic mass is 16.6. The molecule has 2 fully saturated rings. The molecule has 7 heteroatoms. The second kappa shape index (κ2) is 6.69. The normalized spacial score (nSPS) is 26.2. The molecule has 2 aliphatic heterocycles. The molecule has 0 aromatic rings. The second-order valence-corrected chi connectivity index (χ2v) is 4.83. The van der Waals surface area contributed by atoms with E-state index in [4.69, 9.17) is 14.2 Å². The summed E-state index contributed by atoms with van der Waals surface area (Å²) in [5.41, 5.74) is 0. The summed E-state index contributed by atoms with van der Waals surface area (Å²) in [5, 5.41) is 0. The first kappa shape index (κ1) is 14.8. The van der Waals surface area contributed by atoms with E-state index in [1.165, 1.54) is 0 Å². The molecular formula is C13H19NO6. The summed E-state index contributed by atoms with van der Waals surface area (Å²) in [6.07, 6.45) is -0.499. The van der Waals surface area contributed by atoms with Gasteiger partial charge in [0.15, 0.2) is 0 Å². The maximum atomic E-state index is 12.4. The fourth-order valence-corrected chi connectivity index (χ4v) is 2.29. The van der Waals surface area contributed by atoms with Crippen molar-refractivity contribution in [3.05, 3.63) is 0 Å². The highest BCUT2D eigenvalue weighted by Crippen LogP contribution is 2.26. The van der Waals surface area contributed by atoms with E-state index < -0.39 is 24.0 Å². The van der Waals surface area contributed by atoms with Crippen molar-refractivity contribution >= 4 is 17.8 Å². The number of cyclic esters (lactones) is 1. The zero-order valence-corrected chi connectivity index (χ0v) is 11.5. The van der Waals surface area contributed by atoms with Gasteiger partial charge in [-0.3, -0.25) is 9.59 Å². The van der Waals surface area contributed by atoms with Gasteiger partial charge in [-0.05, 0) is 6.42 Å². The van der Waals surface area contributed by atoms with E-state index in [1.54, 1.807) is 4.90 Å². The molecule has 7 nitrogen and oxygen atoms in total. The molecule has 0 N–H and O–H groups in total. The van der Waals surface area contributed by atoms with Crippen LogP contribution in [0.1, 0.15) is 19.8 Å². The molecule has 0 unspecified atom stereocenters. The molecule has 0 saturated carbocycles. The lowest BCUT2D eigenvalue weighted by Gasteiger charge is -2.29. The van der Waals surface area contributed by atoms with Gasteiger partial charge in [0, 0.05) is 13.1 Å². The Morgan fingerprint density at radius 3 is 2.70 bits per heavy atom. The van der Waals surface area contributed by atoms with Crippen LogP contribution in [0.25, 0.3) is 0 Å². The number of hydrogen-bond acceptors (Lipinski definition) is 6. The summed E-state index contributed by atoms with van der Waals surface area (Å²) < 4.78 is 15.1. The van der Waals surface area contributed by atoms with Crippen LogP contribution in [0, 0.1) is 5.92 Å². The number of ether oxygens (including phenoxy) is 3. The van der Waals surface area contributed by atoms with Crippen LogP contribution < -0.4 is 0 Å². The Kier molecular flexibility index (Phi) is 4.94. The van der Waals surface area contributed by atoms with Crippen LogP contribution >= 0.6 is 0 Å². The molecule has 2 aliphatic rings. The number of nitrogens with zero attached hydrogens (tertiary/aromatic N) is 1. The van der Waals surface area contributed by atoms with E-state index in [-0.39, 0.29) is 18.9 Å². The smallest absolute Gasteiger partial charge is 0.348 e. The lowest BCUT2D eigenvalue weighted by molar-refractivity contribution is -0.165. The molecule has 112 valence electrons. The van der Waals surface area contributed by atoms with Crippen molar-refractivity contribution in [2.75, 3.05) is 32.9 Å². The Bertz CT molecular complexity index is 390. The van der Waals surface area contributed by atoms with Crippen molar-refractivity contribution in [1.82, 2.24) is 4.90 Å². The van der Waals surface area contributed by atoms with Gasteiger partial charge in [-0.15, -0.1) is 0 Å². The van der Waals surface area contributed by atoms with E-state index in [0.717, 1.165) is 0 Å². The fraction of sp³-hybridized carbons (Fsp3) is 0.769. The summed E-state index contributed by atoms with van der Waals surface area (Å²) in [5.74, 6) is -2.18. The predicted molar refractivity (Wildman–Crippen MR) is 66.6 cm³/mol. The van der Waals surface area contributed by atoms with Gasteiger partial charge in [-0.1, -0.05) is 6.92 Å². The first-order valence-electron chi connectivity index (χ1n) is 6.86. The molecule has 0 aliphatic carbocycles. The third-order valence-electron chi connectivity index (χ3n) is 3.33. The van der Waals surface area contributed by atoms with Crippen molar-refractivity contribution in [3.63, 3.8) is 0 Å². The third kappa shape index (κ3) is 3.27. The van der Waals surface area contributed by atoms with Crippen molar-refractivity contribution in [1.29, 1.82) is 0 Å². The molecule has 2 rings (SSSR count). The lowest BCUT2D eigenvalue weighted by Crippen LogP contribution is -2.47. The highest BCUT2D eigenvalue weighted by Gasteiger charge is 2.46. The third-order valence-corrected chi connectivity index (χ3v) is 3.33. The Hall–Kier alpha value is -1.63. The second-order valence-electron chi connectivity index (χ2n) is 4.83. The van der Waals surface area contributed by atoms with Crippen LogP contribution in [-0.4, -0.2) is 61.8 Å². The van der Waals surface area contributed by atoms with Crippen molar-refractivity contribution in [2.45, 2.75) is 25.9 Å². The maximum Gasteiger partial charge on any atom is 0.348 e. The van der Waals surface area contributed by atoms with Gasteiger partial charge in [-0.25, -0.2) is 4.79 Å². The molecule has 1 amide bonds. The van der Waals surface area contributed by atoms with Gasteiger partial charge < -0.3 is 19.1 Å². The van der Waals surface area contributed by atoms with Crippen molar-refractivity contribution in [2.24, 2.45) is 5.92 Å². The van der Waals surface area contributed by atoms with E-state index in [0.29, 0.717) is 32.7 Å². The Balaban J connectivity index is 2.01. The highest BCUT2D eigenvalue weighted by molar-refractivity contribution is 5.94. The fourth-order valence-electron chi connectivity index (χ4n) is 2.29. The molecule has 0 aromatic carbocycles. The first-order valence-corrected chi connectivity index (χ1v) is 6.86. The molecule has 2 atom stereocenters. The zero-order chi connectivity index (χ0) is 14.5. The summed E-state index contributed by atoms with van der Waals surface area (Å²) in [6, 6.07) is 0. The van der Waals surface area contributed by atoms with Crippen LogP contribution in [0.4, 0.5) is 0 Å². The number of amides is 1. The van der Waals surface area contributed by atoms with E-state index in [1.807, 2.05) is 6.92 Å². The topological polar surface area (TPSA) is 82.1 Å². The molecule has 2 saturated heterocycles. The standard InChI is InChI=1S/C13H19NO6/c1-2-5-19-13(17)11-9(8-10(15)20-11)12(16)14-3-6-18-7-4-14/h9,11H,2-8H2,1H3/t9-,11+/m0/s1. The number of carbonyl (C=O) groups excluding carboxylic acids is 3. The lowest BCUT2D eigenvalue weighted by atomic mass is 9.99. The quantitative estimate of drug-likeness (QED) is 0.661. The van der Waals surface area contributed by atoms with Crippen LogP contribution in [0.15, 0.2) is 0 Å². The average molecular weight is 285 g/mol. The summed E-state index contributed by atoms with van der Waals surface area (Å²) in [6.45, 7) is 4.01. The number of rotatable bonds is 4. The SMILES string of the molecule is CCCOC(=O)[C@@H]1OC(=O)C[C@@H]1C(=O)N1CCOCC1. The summed E-state index contributed by atoms with van der Waals surface area (Å²) in [4.78, 5) is 37.2. The van der Waals surface area contributed by atoms with Crippen LogP contribution in [-0.2, 0) is 28.6 Å². The number of hydrogen-bond donors (Lipinski definition) is 0. The van der Waals surface area contributed by atoms with Gasteiger partial charge in [0.05, 0.1) is 32.2 Å². The minimum Gasteiger partial charge on any atom is -0.463 e. The van der Waals surface area contributed by atoms with Crippen molar-refractivity contribution < 1.29 is 28.6 Å². The molecule has 0 radical (unpaired) electrons. The van der Waals surface area contributed by atoms with Gasteiger partial charge in [-0.2, -0.15) is 0 Å². The molecule has 20 heavy (non-hydrogen) atoms. The number of morpholine rings is 1.